The molecule has 2 saturated carbocycles. The van der Waals surface area contributed by atoms with Crippen molar-refractivity contribution in [2.75, 3.05) is 0 Å². The summed E-state index contributed by atoms with van der Waals surface area (Å²) < 4.78 is 0. The van der Waals surface area contributed by atoms with Crippen molar-refractivity contribution in [3.63, 3.8) is 0 Å². The van der Waals surface area contributed by atoms with E-state index in [0.29, 0.717) is 12.6 Å². The molecule has 5 heteroatoms. The number of carbonyl (C=O) groups excluding carboxylic acids is 2. The summed E-state index contributed by atoms with van der Waals surface area (Å²) in [5, 5.41) is 6.18. The lowest BCUT2D eigenvalue weighted by Crippen LogP contribution is -2.40. The second-order valence-electron chi connectivity index (χ2n) is 7.12. The first kappa shape index (κ1) is 16.9. The highest BCUT2D eigenvalue weighted by atomic mass is 16.2. The first-order chi connectivity index (χ1) is 11.7. The van der Waals surface area contributed by atoms with E-state index in [-0.39, 0.29) is 23.7 Å². The molecule has 1 aromatic heterocycles. The molecular formula is C19H27N3O2. The number of hydrogen-bond donors (Lipinski definition) is 2. The van der Waals surface area contributed by atoms with Gasteiger partial charge >= 0.3 is 0 Å². The Labute approximate surface area is 143 Å². The quantitative estimate of drug-likeness (QED) is 0.872. The average Bonchev–Trinajstić information content (AvgIpc) is 3.13. The van der Waals surface area contributed by atoms with Gasteiger partial charge in [-0.3, -0.25) is 14.6 Å². The molecule has 1 aromatic rings. The highest BCUT2D eigenvalue weighted by Crippen LogP contribution is 2.30. The molecule has 3 rings (SSSR count). The van der Waals surface area contributed by atoms with Crippen LogP contribution in [0.3, 0.4) is 0 Å². The minimum absolute atomic E-state index is 0.0391. The predicted molar refractivity (Wildman–Crippen MR) is 91.9 cm³/mol. The first-order valence-electron chi connectivity index (χ1n) is 9.19. The Balaban J connectivity index is 1.39. The molecule has 1 heterocycles. The van der Waals surface area contributed by atoms with Gasteiger partial charge in [0.1, 0.15) is 0 Å². The SMILES string of the molecule is O=C(NCc1cccnc1)C1CCC(C(=O)NC2CCCC2)CC1. The van der Waals surface area contributed by atoms with Crippen LogP contribution in [-0.4, -0.2) is 22.8 Å². The summed E-state index contributed by atoms with van der Waals surface area (Å²) in [5.41, 5.74) is 1.01. The van der Waals surface area contributed by atoms with Crippen molar-refractivity contribution in [3.8, 4) is 0 Å². The van der Waals surface area contributed by atoms with Crippen LogP contribution < -0.4 is 10.6 Å². The van der Waals surface area contributed by atoms with Crippen molar-refractivity contribution >= 4 is 11.8 Å². The third kappa shape index (κ3) is 4.56. The van der Waals surface area contributed by atoms with Gasteiger partial charge in [0.15, 0.2) is 0 Å². The van der Waals surface area contributed by atoms with Crippen molar-refractivity contribution in [1.29, 1.82) is 0 Å². The summed E-state index contributed by atoms with van der Waals surface area (Å²) in [6, 6.07) is 4.21. The maximum absolute atomic E-state index is 12.3. The number of nitrogens with one attached hydrogen (secondary N) is 2. The lowest BCUT2D eigenvalue weighted by atomic mass is 9.81. The lowest BCUT2D eigenvalue weighted by molar-refractivity contribution is -0.131. The van der Waals surface area contributed by atoms with Crippen LogP contribution in [0.25, 0.3) is 0 Å². The van der Waals surface area contributed by atoms with Crippen LogP contribution in [0.5, 0.6) is 0 Å². The zero-order valence-corrected chi connectivity index (χ0v) is 14.2. The highest BCUT2D eigenvalue weighted by molar-refractivity contribution is 5.81. The Morgan fingerprint density at radius 3 is 2.29 bits per heavy atom. The molecule has 2 aliphatic carbocycles. The molecule has 0 bridgehead atoms. The summed E-state index contributed by atoms with van der Waals surface area (Å²) >= 11 is 0. The van der Waals surface area contributed by atoms with Gasteiger partial charge in [0.2, 0.25) is 11.8 Å². The van der Waals surface area contributed by atoms with Gasteiger partial charge in [-0.05, 0) is 50.2 Å². The zero-order chi connectivity index (χ0) is 16.8. The van der Waals surface area contributed by atoms with Gasteiger partial charge in [0.25, 0.3) is 0 Å². The average molecular weight is 329 g/mol. The number of nitrogens with zero attached hydrogens (tertiary/aromatic N) is 1. The molecule has 130 valence electrons. The Morgan fingerprint density at radius 1 is 1.00 bits per heavy atom. The Bertz CT molecular complexity index is 547. The number of aromatic nitrogens is 1. The van der Waals surface area contributed by atoms with Crippen LogP contribution in [0.4, 0.5) is 0 Å². The van der Waals surface area contributed by atoms with Crippen molar-refractivity contribution in [1.82, 2.24) is 15.6 Å². The van der Waals surface area contributed by atoms with E-state index in [1.165, 1.54) is 12.8 Å². The number of pyridine rings is 1. The minimum atomic E-state index is 0.0391. The summed E-state index contributed by atoms with van der Waals surface area (Å²) in [5.74, 6) is 0.440. The van der Waals surface area contributed by atoms with Gasteiger partial charge in [0.05, 0.1) is 0 Å². The molecule has 0 unspecified atom stereocenters. The lowest BCUT2D eigenvalue weighted by Gasteiger charge is -2.28. The second kappa shape index (κ2) is 8.27. The van der Waals surface area contributed by atoms with Crippen molar-refractivity contribution in [2.45, 2.75) is 64.0 Å². The molecule has 0 spiro atoms. The van der Waals surface area contributed by atoms with Gasteiger partial charge in [-0.25, -0.2) is 0 Å². The molecule has 2 N–H and O–H groups in total. The van der Waals surface area contributed by atoms with E-state index in [0.717, 1.165) is 44.1 Å². The van der Waals surface area contributed by atoms with Gasteiger partial charge in [-0.2, -0.15) is 0 Å². The molecule has 2 aliphatic rings. The summed E-state index contributed by atoms with van der Waals surface area (Å²) in [6.45, 7) is 0.523. The van der Waals surface area contributed by atoms with E-state index < -0.39 is 0 Å². The molecule has 2 amide bonds. The van der Waals surface area contributed by atoms with Crippen LogP contribution in [0.2, 0.25) is 0 Å². The Morgan fingerprint density at radius 2 is 1.67 bits per heavy atom. The van der Waals surface area contributed by atoms with Crippen molar-refractivity contribution < 1.29 is 9.59 Å². The molecule has 0 radical (unpaired) electrons. The monoisotopic (exact) mass is 329 g/mol. The fraction of sp³-hybridized carbons (Fsp3) is 0.632. The zero-order valence-electron chi connectivity index (χ0n) is 14.2. The number of rotatable bonds is 5. The summed E-state index contributed by atoms with van der Waals surface area (Å²) in [7, 11) is 0. The third-order valence-electron chi connectivity index (χ3n) is 5.36. The standard InChI is InChI=1S/C19H27N3O2/c23-18(21-13-14-4-3-11-20-12-14)15-7-9-16(10-8-15)19(24)22-17-5-1-2-6-17/h3-4,11-12,15-17H,1-2,5-10,13H2,(H,21,23)(H,22,24). The molecule has 0 atom stereocenters. The maximum Gasteiger partial charge on any atom is 0.223 e. The molecule has 0 saturated heterocycles. The molecular weight excluding hydrogens is 302 g/mol. The summed E-state index contributed by atoms with van der Waals surface area (Å²) in [4.78, 5) is 28.7. The molecule has 0 aliphatic heterocycles. The van der Waals surface area contributed by atoms with Crippen LogP contribution in [0, 0.1) is 11.8 Å². The largest absolute Gasteiger partial charge is 0.353 e. The smallest absolute Gasteiger partial charge is 0.223 e. The van der Waals surface area contributed by atoms with E-state index in [9.17, 15) is 9.59 Å². The van der Waals surface area contributed by atoms with E-state index in [4.69, 9.17) is 0 Å². The third-order valence-corrected chi connectivity index (χ3v) is 5.36. The highest BCUT2D eigenvalue weighted by Gasteiger charge is 2.31. The van der Waals surface area contributed by atoms with Crippen LogP contribution in [-0.2, 0) is 16.1 Å². The van der Waals surface area contributed by atoms with Crippen LogP contribution >= 0.6 is 0 Å². The number of amides is 2. The van der Waals surface area contributed by atoms with Crippen molar-refractivity contribution in [3.05, 3.63) is 30.1 Å². The van der Waals surface area contributed by atoms with E-state index >= 15 is 0 Å². The van der Waals surface area contributed by atoms with Gasteiger partial charge < -0.3 is 10.6 Å². The fourth-order valence-electron chi connectivity index (χ4n) is 3.84. The van der Waals surface area contributed by atoms with Gasteiger partial charge in [0, 0.05) is 36.8 Å². The normalized spacial score (nSPS) is 24.5. The maximum atomic E-state index is 12.3. The second-order valence-corrected chi connectivity index (χ2v) is 7.12. The number of carbonyl (C=O) groups is 2. The summed E-state index contributed by atoms with van der Waals surface area (Å²) in [6.07, 6.45) is 11.5. The van der Waals surface area contributed by atoms with E-state index in [1.807, 2.05) is 12.1 Å². The topological polar surface area (TPSA) is 71.1 Å². The van der Waals surface area contributed by atoms with E-state index in [2.05, 4.69) is 15.6 Å². The van der Waals surface area contributed by atoms with E-state index in [1.54, 1.807) is 12.4 Å². The van der Waals surface area contributed by atoms with Gasteiger partial charge in [-0.15, -0.1) is 0 Å². The molecule has 5 nitrogen and oxygen atoms in total. The molecule has 24 heavy (non-hydrogen) atoms. The molecule has 0 aromatic carbocycles. The molecule has 2 fully saturated rings. The van der Waals surface area contributed by atoms with Gasteiger partial charge in [-0.1, -0.05) is 18.9 Å². The Hall–Kier alpha value is -1.91. The minimum Gasteiger partial charge on any atom is -0.353 e. The fourth-order valence-corrected chi connectivity index (χ4v) is 3.84. The van der Waals surface area contributed by atoms with Crippen LogP contribution in [0.1, 0.15) is 56.9 Å². The first-order valence-corrected chi connectivity index (χ1v) is 9.19. The van der Waals surface area contributed by atoms with Crippen LogP contribution in [0.15, 0.2) is 24.5 Å². The Kier molecular flexibility index (Phi) is 5.83. The number of hydrogen-bond acceptors (Lipinski definition) is 3. The predicted octanol–water partition coefficient (Wildman–Crippen LogP) is 2.56. The van der Waals surface area contributed by atoms with Crippen molar-refractivity contribution in [2.24, 2.45) is 11.8 Å².